The molecule has 178 valence electrons. The number of alkyl halides is 2. The first-order valence-electron chi connectivity index (χ1n) is 11.3. The minimum Gasteiger partial charge on any atom is -0.365 e. The van der Waals surface area contributed by atoms with Crippen molar-refractivity contribution in [3.8, 4) is 11.8 Å². The summed E-state index contributed by atoms with van der Waals surface area (Å²) in [6.45, 7) is 5.91. The van der Waals surface area contributed by atoms with E-state index in [4.69, 9.17) is 4.74 Å². The number of halogens is 2. The molecule has 33 heavy (non-hydrogen) atoms. The Balaban J connectivity index is 1.65. The van der Waals surface area contributed by atoms with Crippen LogP contribution in [0.15, 0.2) is 12.1 Å². The number of Topliss-reactive ketones (excluding diaryl/α,β-unsaturated/α-hetero) is 2. The summed E-state index contributed by atoms with van der Waals surface area (Å²) in [5, 5.41) is 0. The van der Waals surface area contributed by atoms with Crippen molar-refractivity contribution in [2.24, 2.45) is 5.41 Å². The van der Waals surface area contributed by atoms with Gasteiger partial charge < -0.3 is 9.64 Å². The molecule has 0 bridgehead atoms. The maximum atomic E-state index is 13.2. The summed E-state index contributed by atoms with van der Waals surface area (Å²) in [6.07, 6.45) is 1.69. The number of ketones is 2. The lowest BCUT2D eigenvalue weighted by molar-refractivity contribution is -0.144. The number of hydrogen-bond donors (Lipinski definition) is 0. The third-order valence-electron chi connectivity index (χ3n) is 6.65. The van der Waals surface area contributed by atoms with Gasteiger partial charge in [0.15, 0.2) is 0 Å². The predicted octanol–water partition coefficient (Wildman–Crippen LogP) is 3.97. The molecule has 1 amide bonds. The Kier molecular flexibility index (Phi) is 7.38. The van der Waals surface area contributed by atoms with Crippen LogP contribution in [0.3, 0.4) is 0 Å². The van der Waals surface area contributed by atoms with E-state index in [1.165, 1.54) is 0 Å². The monoisotopic (exact) mass is 459 g/mol. The molecule has 0 unspecified atom stereocenters. The summed E-state index contributed by atoms with van der Waals surface area (Å²) in [4.78, 5) is 40.3. The van der Waals surface area contributed by atoms with Gasteiger partial charge in [0.2, 0.25) is 5.91 Å². The van der Waals surface area contributed by atoms with Gasteiger partial charge in [-0.25, -0.2) is 8.78 Å². The zero-order valence-electron chi connectivity index (χ0n) is 19.7. The first-order valence-corrected chi connectivity index (χ1v) is 11.3. The summed E-state index contributed by atoms with van der Waals surface area (Å²) in [7, 11) is 0. The van der Waals surface area contributed by atoms with Crippen LogP contribution in [0.4, 0.5) is 8.78 Å². The second-order valence-corrected chi connectivity index (χ2v) is 9.56. The number of amides is 1. The number of hydrogen-bond acceptors (Lipinski definition) is 4. The second kappa shape index (κ2) is 9.72. The van der Waals surface area contributed by atoms with Gasteiger partial charge in [-0.1, -0.05) is 5.92 Å². The van der Waals surface area contributed by atoms with Crippen LogP contribution in [0.2, 0.25) is 0 Å². The fourth-order valence-corrected chi connectivity index (χ4v) is 5.15. The molecular formula is C26H31F2NO4. The molecule has 0 aromatic heterocycles. The number of rotatable bonds is 5. The number of ether oxygens (including phenoxy) is 1. The van der Waals surface area contributed by atoms with E-state index in [1.54, 1.807) is 11.8 Å². The standard InChI is InChI=1S/C26H31F2NO4/c1-5-6-19-11-17(2)23(18(3)12-19)24-20(30)13-26(14-21(24)31)7-9-29(10-8-26)22(32)15-33-16-25(4,27)28/h11-12,24H,7-10,13-16H2,1-4H3. The topological polar surface area (TPSA) is 63.7 Å². The fraction of sp³-hybridized carbons (Fsp3) is 0.577. The number of carbonyl (C=O) groups excluding carboxylic acids is 3. The van der Waals surface area contributed by atoms with Crippen molar-refractivity contribution in [2.45, 2.75) is 65.2 Å². The average molecular weight is 460 g/mol. The van der Waals surface area contributed by atoms with E-state index in [-0.39, 0.29) is 17.5 Å². The minimum absolute atomic E-state index is 0.0694. The summed E-state index contributed by atoms with van der Waals surface area (Å²) >= 11 is 0. The molecule has 1 aliphatic carbocycles. The highest BCUT2D eigenvalue weighted by atomic mass is 19.3. The van der Waals surface area contributed by atoms with Gasteiger partial charge in [0.1, 0.15) is 30.7 Å². The molecule has 1 spiro atoms. The lowest BCUT2D eigenvalue weighted by Gasteiger charge is -2.44. The third kappa shape index (κ3) is 5.86. The maximum absolute atomic E-state index is 13.2. The number of likely N-dealkylation sites (tertiary alicyclic amines) is 1. The van der Waals surface area contributed by atoms with Crippen molar-refractivity contribution < 1.29 is 27.9 Å². The molecule has 0 N–H and O–H groups in total. The third-order valence-corrected chi connectivity index (χ3v) is 6.65. The number of piperidine rings is 1. The molecule has 1 aromatic carbocycles. The second-order valence-electron chi connectivity index (χ2n) is 9.56. The van der Waals surface area contributed by atoms with Crippen molar-refractivity contribution in [1.82, 2.24) is 4.90 Å². The van der Waals surface area contributed by atoms with E-state index in [1.807, 2.05) is 26.0 Å². The number of carbonyl (C=O) groups is 3. The van der Waals surface area contributed by atoms with Crippen LogP contribution in [0.1, 0.15) is 67.7 Å². The Morgan fingerprint density at radius 2 is 1.70 bits per heavy atom. The molecule has 2 aliphatic rings. The maximum Gasteiger partial charge on any atom is 0.268 e. The van der Waals surface area contributed by atoms with Gasteiger partial charge in [-0.3, -0.25) is 14.4 Å². The molecule has 7 heteroatoms. The zero-order chi connectivity index (χ0) is 24.4. The fourth-order valence-electron chi connectivity index (χ4n) is 5.15. The van der Waals surface area contributed by atoms with E-state index < -0.39 is 30.5 Å². The van der Waals surface area contributed by atoms with Crippen LogP contribution in [-0.4, -0.2) is 54.6 Å². The van der Waals surface area contributed by atoms with Gasteiger partial charge in [-0.15, -0.1) is 5.92 Å². The Morgan fingerprint density at radius 1 is 1.15 bits per heavy atom. The quantitative estimate of drug-likeness (QED) is 0.494. The van der Waals surface area contributed by atoms with Gasteiger partial charge >= 0.3 is 0 Å². The van der Waals surface area contributed by atoms with E-state index in [9.17, 15) is 23.2 Å². The zero-order valence-corrected chi connectivity index (χ0v) is 19.7. The molecule has 1 aromatic rings. The molecule has 1 heterocycles. The van der Waals surface area contributed by atoms with Crippen LogP contribution in [0.5, 0.6) is 0 Å². The molecule has 5 nitrogen and oxygen atoms in total. The highest BCUT2D eigenvalue weighted by Gasteiger charge is 2.47. The number of benzene rings is 1. The highest BCUT2D eigenvalue weighted by molar-refractivity contribution is 6.10. The molecule has 1 saturated heterocycles. The summed E-state index contributed by atoms with van der Waals surface area (Å²) in [5.74, 6) is 1.68. The summed E-state index contributed by atoms with van der Waals surface area (Å²) in [6, 6.07) is 3.84. The Labute approximate surface area is 193 Å². The number of aryl methyl sites for hydroxylation is 2. The van der Waals surface area contributed by atoms with Crippen molar-refractivity contribution >= 4 is 17.5 Å². The first kappa shape index (κ1) is 25.0. The van der Waals surface area contributed by atoms with Gasteiger partial charge in [0, 0.05) is 38.4 Å². The van der Waals surface area contributed by atoms with Gasteiger partial charge in [-0.05, 0) is 67.9 Å². The van der Waals surface area contributed by atoms with Crippen LogP contribution in [0.25, 0.3) is 0 Å². The summed E-state index contributed by atoms with van der Waals surface area (Å²) in [5.41, 5.74) is 3.02. The molecule has 1 aliphatic heterocycles. The van der Waals surface area contributed by atoms with E-state index in [0.717, 1.165) is 29.2 Å². The highest BCUT2D eigenvalue weighted by Crippen LogP contribution is 2.46. The lowest BCUT2D eigenvalue weighted by Crippen LogP contribution is -2.49. The van der Waals surface area contributed by atoms with Crippen molar-refractivity contribution in [1.29, 1.82) is 0 Å². The van der Waals surface area contributed by atoms with E-state index in [2.05, 4.69) is 11.8 Å². The largest absolute Gasteiger partial charge is 0.365 e. The average Bonchev–Trinajstić information content (AvgIpc) is 2.69. The van der Waals surface area contributed by atoms with Gasteiger partial charge in [0.25, 0.3) is 5.92 Å². The SMILES string of the molecule is CC#Cc1cc(C)c(C2C(=O)CC3(CCN(C(=O)COCC(C)(F)F)CC3)CC2=O)c(C)c1. The Bertz CT molecular complexity index is 964. The predicted molar refractivity (Wildman–Crippen MR) is 120 cm³/mol. The van der Waals surface area contributed by atoms with Crippen LogP contribution in [0, 0.1) is 31.1 Å². The molecule has 2 fully saturated rings. The molecule has 3 rings (SSSR count). The number of nitrogens with zero attached hydrogens (tertiary/aromatic N) is 1. The Morgan fingerprint density at radius 3 is 2.18 bits per heavy atom. The summed E-state index contributed by atoms with van der Waals surface area (Å²) < 4.78 is 30.6. The molecule has 0 atom stereocenters. The molecular weight excluding hydrogens is 428 g/mol. The van der Waals surface area contributed by atoms with Gasteiger partial charge in [-0.2, -0.15) is 0 Å². The minimum atomic E-state index is -2.98. The van der Waals surface area contributed by atoms with Crippen molar-refractivity contribution in [3.05, 3.63) is 34.4 Å². The van der Waals surface area contributed by atoms with Crippen molar-refractivity contribution in [2.75, 3.05) is 26.3 Å². The van der Waals surface area contributed by atoms with Crippen molar-refractivity contribution in [3.63, 3.8) is 0 Å². The molecule has 0 radical (unpaired) electrons. The van der Waals surface area contributed by atoms with E-state index in [0.29, 0.717) is 38.8 Å². The lowest BCUT2D eigenvalue weighted by atomic mass is 9.62. The van der Waals surface area contributed by atoms with Crippen LogP contribution >= 0.6 is 0 Å². The van der Waals surface area contributed by atoms with Crippen LogP contribution < -0.4 is 0 Å². The Hall–Kier alpha value is -2.59. The van der Waals surface area contributed by atoms with Crippen LogP contribution in [-0.2, 0) is 19.1 Å². The normalized spacial score (nSPS) is 18.9. The smallest absolute Gasteiger partial charge is 0.268 e. The first-order chi connectivity index (χ1) is 15.4. The van der Waals surface area contributed by atoms with E-state index >= 15 is 0 Å². The molecule has 1 saturated carbocycles. The van der Waals surface area contributed by atoms with Gasteiger partial charge in [0.05, 0.1) is 0 Å².